The highest BCUT2D eigenvalue weighted by atomic mass is 35.5. The summed E-state index contributed by atoms with van der Waals surface area (Å²) in [5.74, 6) is 1.34. The zero-order valence-electron chi connectivity index (χ0n) is 11.5. The second-order valence-electron chi connectivity index (χ2n) is 5.40. The lowest BCUT2D eigenvalue weighted by molar-refractivity contribution is 0.454. The zero-order chi connectivity index (χ0) is 13.5. The zero-order valence-corrected chi connectivity index (χ0v) is 13.0. The summed E-state index contributed by atoms with van der Waals surface area (Å²) in [6.07, 6.45) is 2.05. The number of halogens is 2. The van der Waals surface area contributed by atoms with Crippen LogP contribution in [0.3, 0.4) is 0 Å². The topological polar surface area (TPSA) is 12.0 Å². The molecule has 0 fully saturated rings. The van der Waals surface area contributed by atoms with Gasteiger partial charge in [0, 0.05) is 10.0 Å². The molecule has 1 atom stereocenters. The van der Waals surface area contributed by atoms with Crippen molar-refractivity contribution in [1.29, 1.82) is 0 Å². The lowest BCUT2D eigenvalue weighted by atomic mass is 10.0. The quantitative estimate of drug-likeness (QED) is 0.759. The summed E-state index contributed by atoms with van der Waals surface area (Å²) in [6, 6.07) is 5.71. The maximum absolute atomic E-state index is 6.16. The van der Waals surface area contributed by atoms with Crippen LogP contribution in [0.25, 0.3) is 0 Å². The van der Waals surface area contributed by atoms with Gasteiger partial charge in [-0.05, 0) is 55.5 Å². The van der Waals surface area contributed by atoms with Gasteiger partial charge in [0.2, 0.25) is 0 Å². The number of nitrogens with one attached hydrogen (secondary N) is 1. The first-order valence-electron chi connectivity index (χ1n) is 6.64. The lowest BCUT2D eigenvalue weighted by Gasteiger charge is -2.15. The molecule has 0 aliphatic carbocycles. The lowest BCUT2D eigenvalue weighted by Crippen LogP contribution is -2.25. The van der Waals surface area contributed by atoms with Crippen LogP contribution in [0, 0.1) is 11.8 Å². The molecule has 0 spiro atoms. The van der Waals surface area contributed by atoms with Gasteiger partial charge in [-0.15, -0.1) is 0 Å². The van der Waals surface area contributed by atoms with Crippen LogP contribution in [0.1, 0.15) is 32.8 Å². The summed E-state index contributed by atoms with van der Waals surface area (Å²) in [5, 5.41) is 5.05. The molecule has 0 aliphatic rings. The molecule has 0 radical (unpaired) electrons. The van der Waals surface area contributed by atoms with Crippen molar-refractivity contribution in [3.05, 3.63) is 33.8 Å². The molecule has 18 heavy (non-hydrogen) atoms. The second kappa shape index (κ2) is 8.04. The Labute approximate surface area is 121 Å². The molecule has 1 rings (SSSR count). The van der Waals surface area contributed by atoms with Crippen LogP contribution in [-0.2, 0) is 6.42 Å². The largest absolute Gasteiger partial charge is 0.316 e. The molecule has 0 heterocycles. The minimum absolute atomic E-state index is 0.635. The van der Waals surface area contributed by atoms with E-state index >= 15 is 0 Å². The normalized spacial score (nSPS) is 13.0. The van der Waals surface area contributed by atoms with E-state index in [1.54, 1.807) is 0 Å². The molecular weight excluding hydrogens is 265 g/mol. The number of rotatable bonds is 7. The molecule has 102 valence electrons. The molecule has 0 aromatic heterocycles. The first-order chi connectivity index (χ1) is 8.50. The highest BCUT2D eigenvalue weighted by molar-refractivity contribution is 6.35. The highest BCUT2D eigenvalue weighted by Crippen LogP contribution is 2.26. The molecule has 0 saturated heterocycles. The van der Waals surface area contributed by atoms with E-state index in [1.807, 2.05) is 18.2 Å². The molecule has 0 saturated carbocycles. The molecule has 3 heteroatoms. The Morgan fingerprint density at radius 2 is 1.67 bits per heavy atom. The van der Waals surface area contributed by atoms with Crippen LogP contribution < -0.4 is 5.32 Å². The number of benzene rings is 1. The molecule has 1 aromatic carbocycles. The van der Waals surface area contributed by atoms with E-state index in [-0.39, 0.29) is 0 Å². The van der Waals surface area contributed by atoms with Crippen molar-refractivity contribution in [3.63, 3.8) is 0 Å². The van der Waals surface area contributed by atoms with Crippen LogP contribution in [0.4, 0.5) is 0 Å². The molecular formula is C15H23Cl2N. The van der Waals surface area contributed by atoms with E-state index in [2.05, 4.69) is 26.1 Å². The summed E-state index contributed by atoms with van der Waals surface area (Å²) in [4.78, 5) is 0. The smallest absolute Gasteiger partial charge is 0.0452 e. The Morgan fingerprint density at radius 1 is 1.06 bits per heavy atom. The van der Waals surface area contributed by atoms with Crippen molar-refractivity contribution >= 4 is 23.2 Å². The van der Waals surface area contributed by atoms with E-state index in [0.29, 0.717) is 11.8 Å². The van der Waals surface area contributed by atoms with Crippen LogP contribution in [0.2, 0.25) is 10.0 Å². The number of hydrogen-bond donors (Lipinski definition) is 1. The molecule has 1 aromatic rings. The summed E-state index contributed by atoms with van der Waals surface area (Å²) < 4.78 is 0. The third-order valence-corrected chi connectivity index (χ3v) is 3.70. The van der Waals surface area contributed by atoms with E-state index in [0.717, 1.165) is 41.5 Å². The minimum Gasteiger partial charge on any atom is -0.316 e. The van der Waals surface area contributed by atoms with Crippen molar-refractivity contribution in [1.82, 2.24) is 5.32 Å². The fraction of sp³-hybridized carbons (Fsp3) is 0.600. The van der Waals surface area contributed by atoms with Gasteiger partial charge < -0.3 is 5.32 Å². The third-order valence-electron chi connectivity index (χ3n) is 2.99. The molecule has 0 amide bonds. The van der Waals surface area contributed by atoms with Gasteiger partial charge in [-0.25, -0.2) is 0 Å². The van der Waals surface area contributed by atoms with Gasteiger partial charge in [-0.2, -0.15) is 0 Å². The molecule has 1 unspecified atom stereocenters. The van der Waals surface area contributed by atoms with E-state index < -0.39 is 0 Å². The van der Waals surface area contributed by atoms with Gasteiger partial charge in [0.25, 0.3) is 0 Å². The van der Waals surface area contributed by atoms with Crippen molar-refractivity contribution < 1.29 is 0 Å². The maximum Gasteiger partial charge on any atom is 0.0452 e. The second-order valence-corrected chi connectivity index (χ2v) is 6.21. The van der Waals surface area contributed by atoms with Crippen molar-refractivity contribution in [2.75, 3.05) is 13.1 Å². The predicted octanol–water partition coefficient (Wildman–Crippen LogP) is 4.81. The molecule has 0 aliphatic heterocycles. The van der Waals surface area contributed by atoms with Crippen LogP contribution in [0.5, 0.6) is 0 Å². The molecule has 1 N–H and O–H groups in total. The minimum atomic E-state index is 0.635. The summed E-state index contributed by atoms with van der Waals surface area (Å²) >= 11 is 12.3. The van der Waals surface area contributed by atoms with E-state index in [4.69, 9.17) is 23.2 Å². The predicted molar refractivity (Wildman–Crippen MR) is 81.7 cm³/mol. The molecule has 1 nitrogen and oxygen atoms in total. The first-order valence-corrected chi connectivity index (χ1v) is 7.40. The Morgan fingerprint density at radius 3 is 2.22 bits per heavy atom. The SMILES string of the molecule is CC(C)CNCC(C)CCc1c(Cl)cccc1Cl. The fourth-order valence-electron chi connectivity index (χ4n) is 1.88. The Kier molecular flexibility index (Phi) is 7.06. The maximum atomic E-state index is 6.16. The Hall–Kier alpha value is -0.240. The average molecular weight is 288 g/mol. The average Bonchev–Trinajstić information content (AvgIpc) is 2.27. The van der Waals surface area contributed by atoms with Crippen LogP contribution in [-0.4, -0.2) is 13.1 Å². The van der Waals surface area contributed by atoms with Gasteiger partial charge in [0.1, 0.15) is 0 Å². The van der Waals surface area contributed by atoms with Crippen molar-refractivity contribution in [3.8, 4) is 0 Å². The Balaban J connectivity index is 2.36. The van der Waals surface area contributed by atoms with Crippen LogP contribution in [0.15, 0.2) is 18.2 Å². The summed E-state index contributed by atoms with van der Waals surface area (Å²) in [6.45, 7) is 8.85. The van der Waals surface area contributed by atoms with Gasteiger partial charge in [-0.1, -0.05) is 50.0 Å². The van der Waals surface area contributed by atoms with Crippen molar-refractivity contribution in [2.24, 2.45) is 11.8 Å². The monoisotopic (exact) mass is 287 g/mol. The standard InChI is InChI=1S/C15H23Cl2N/c1-11(2)9-18-10-12(3)7-8-13-14(16)5-4-6-15(13)17/h4-6,11-12,18H,7-10H2,1-3H3. The van der Waals surface area contributed by atoms with Crippen molar-refractivity contribution in [2.45, 2.75) is 33.6 Å². The fourth-order valence-corrected chi connectivity index (χ4v) is 2.47. The van der Waals surface area contributed by atoms with E-state index in [1.165, 1.54) is 0 Å². The summed E-state index contributed by atoms with van der Waals surface area (Å²) in [5.41, 5.74) is 1.08. The van der Waals surface area contributed by atoms with E-state index in [9.17, 15) is 0 Å². The first kappa shape index (κ1) is 15.8. The van der Waals surface area contributed by atoms with Gasteiger partial charge in [0.15, 0.2) is 0 Å². The van der Waals surface area contributed by atoms with Gasteiger partial charge in [-0.3, -0.25) is 0 Å². The molecule has 0 bridgehead atoms. The van der Waals surface area contributed by atoms with Gasteiger partial charge in [0.05, 0.1) is 0 Å². The number of hydrogen-bond acceptors (Lipinski definition) is 1. The van der Waals surface area contributed by atoms with Crippen LogP contribution >= 0.6 is 23.2 Å². The Bertz CT molecular complexity index is 343. The third kappa shape index (κ3) is 5.60. The summed E-state index contributed by atoms with van der Waals surface area (Å²) in [7, 11) is 0. The highest BCUT2D eigenvalue weighted by Gasteiger charge is 2.08. The van der Waals surface area contributed by atoms with Gasteiger partial charge >= 0.3 is 0 Å².